The Morgan fingerprint density at radius 3 is 2.56 bits per heavy atom. The zero-order valence-electron chi connectivity index (χ0n) is 16.0. The summed E-state index contributed by atoms with van der Waals surface area (Å²) >= 11 is 0. The maximum absolute atomic E-state index is 12.9. The van der Waals surface area contributed by atoms with Crippen LogP contribution in [0.3, 0.4) is 0 Å². The summed E-state index contributed by atoms with van der Waals surface area (Å²) in [6, 6.07) is 6.01. The highest BCUT2D eigenvalue weighted by Gasteiger charge is 2.35. The molecule has 1 aliphatic rings. The van der Waals surface area contributed by atoms with Gasteiger partial charge >= 0.3 is 5.97 Å². The van der Waals surface area contributed by atoms with E-state index in [0.717, 1.165) is 12.8 Å². The van der Waals surface area contributed by atoms with Crippen LogP contribution in [-0.4, -0.2) is 55.0 Å². The lowest BCUT2D eigenvalue weighted by Crippen LogP contribution is -2.57. The molecule has 1 aliphatic heterocycles. The third-order valence-electron chi connectivity index (χ3n) is 4.29. The Morgan fingerprint density at radius 1 is 1.15 bits per heavy atom. The molecule has 0 radical (unpaired) electrons. The van der Waals surface area contributed by atoms with Crippen LogP contribution >= 0.6 is 0 Å². The van der Waals surface area contributed by atoms with Gasteiger partial charge in [-0.15, -0.1) is 0 Å². The number of ether oxygens (including phenoxy) is 2. The number of unbranched alkanes of at least 4 members (excludes halogenated alkanes) is 1. The summed E-state index contributed by atoms with van der Waals surface area (Å²) in [4.78, 5) is 38.5. The summed E-state index contributed by atoms with van der Waals surface area (Å²) in [7, 11) is 0. The van der Waals surface area contributed by atoms with Crippen LogP contribution in [-0.2, 0) is 14.3 Å². The van der Waals surface area contributed by atoms with Crippen molar-refractivity contribution < 1.29 is 23.9 Å². The summed E-state index contributed by atoms with van der Waals surface area (Å²) in [6.07, 6.45) is 2.59. The Bertz CT molecular complexity index is 644. The van der Waals surface area contributed by atoms with E-state index in [1.807, 2.05) is 6.92 Å². The molecule has 0 unspecified atom stereocenters. The van der Waals surface area contributed by atoms with Crippen molar-refractivity contribution in [2.24, 2.45) is 0 Å². The molecular formula is C20H28N2O5. The third-order valence-corrected chi connectivity index (χ3v) is 4.29. The Morgan fingerprint density at radius 2 is 1.89 bits per heavy atom. The van der Waals surface area contributed by atoms with Crippen LogP contribution in [0.5, 0.6) is 5.75 Å². The van der Waals surface area contributed by atoms with Gasteiger partial charge < -0.3 is 19.7 Å². The molecule has 1 fully saturated rings. The largest absolute Gasteiger partial charge is 0.494 e. The van der Waals surface area contributed by atoms with Crippen LogP contribution < -0.4 is 10.1 Å². The van der Waals surface area contributed by atoms with E-state index in [4.69, 9.17) is 9.47 Å². The lowest BCUT2D eigenvalue weighted by molar-refractivity contribution is -0.147. The van der Waals surface area contributed by atoms with Gasteiger partial charge in [-0.25, -0.2) is 0 Å². The quantitative estimate of drug-likeness (QED) is 0.527. The molecule has 1 N–H and O–H groups in total. The highest BCUT2D eigenvalue weighted by Crippen LogP contribution is 2.18. The van der Waals surface area contributed by atoms with Crippen molar-refractivity contribution in [2.45, 2.75) is 45.6 Å². The first-order valence-electron chi connectivity index (χ1n) is 9.54. The lowest BCUT2D eigenvalue weighted by atomic mass is 10.1. The van der Waals surface area contributed by atoms with Crippen molar-refractivity contribution in [3.05, 3.63) is 29.8 Å². The van der Waals surface area contributed by atoms with E-state index >= 15 is 0 Å². The molecule has 0 aromatic heterocycles. The van der Waals surface area contributed by atoms with Crippen molar-refractivity contribution in [1.29, 1.82) is 0 Å². The predicted molar refractivity (Wildman–Crippen MR) is 101 cm³/mol. The number of hydrogen-bond donors (Lipinski definition) is 1. The Balaban J connectivity index is 2.04. The summed E-state index contributed by atoms with van der Waals surface area (Å²) < 4.78 is 10.7. The minimum absolute atomic E-state index is 0.143. The first-order valence-corrected chi connectivity index (χ1v) is 9.54. The highest BCUT2D eigenvalue weighted by atomic mass is 16.5. The molecule has 1 saturated heterocycles. The van der Waals surface area contributed by atoms with Crippen LogP contribution in [0, 0.1) is 0 Å². The fourth-order valence-electron chi connectivity index (χ4n) is 2.79. The Hall–Kier alpha value is -2.57. The van der Waals surface area contributed by atoms with Gasteiger partial charge in [-0.2, -0.15) is 0 Å². The molecule has 1 aromatic carbocycles. The zero-order chi connectivity index (χ0) is 19.6. The fourth-order valence-corrected chi connectivity index (χ4v) is 2.79. The molecule has 1 atom stereocenters. The molecule has 2 rings (SSSR count). The molecule has 7 heteroatoms. The number of piperazine rings is 1. The lowest BCUT2D eigenvalue weighted by Gasteiger charge is -2.34. The van der Waals surface area contributed by atoms with Gasteiger partial charge in [0.05, 0.1) is 19.6 Å². The van der Waals surface area contributed by atoms with E-state index in [-0.39, 0.29) is 18.2 Å². The van der Waals surface area contributed by atoms with E-state index in [1.54, 1.807) is 24.3 Å². The van der Waals surface area contributed by atoms with Crippen molar-refractivity contribution in [3.63, 3.8) is 0 Å². The number of nitrogens with zero attached hydrogens (tertiary/aromatic N) is 1. The normalized spacial score (nSPS) is 16.6. The summed E-state index contributed by atoms with van der Waals surface area (Å²) in [5, 5.41) is 2.71. The second-order valence-corrected chi connectivity index (χ2v) is 6.46. The molecule has 0 bridgehead atoms. The number of hydrogen-bond acceptors (Lipinski definition) is 5. The van der Waals surface area contributed by atoms with Crippen molar-refractivity contribution in [1.82, 2.24) is 10.2 Å². The van der Waals surface area contributed by atoms with Gasteiger partial charge in [-0.1, -0.05) is 20.3 Å². The standard InChI is InChI=1S/C20H28N2O5/c1-3-5-13-26-16-8-6-15(7-9-16)20(25)22-11-10-21-19(24)17(22)14-18(23)27-12-4-2/h6-9,17H,3-5,10-14H2,1-2H3,(H,21,24)/t17-/m0/s1. The van der Waals surface area contributed by atoms with Crippen LogP contribution in [0.2, 0.25) is 0 Å². The first kappa shape index (κ1) is 20.7. The Kier molecular flexibility index (Phi) is 8.10. The van der Waals surface area contributed by atoms with Gasteiger partial charge in [0.15, 0.2) is 0 Å². The summed E-state index contributed by atoms with van der Waals surface area (Å²) in [6.45, 7) is 5.65. The molecule has 0 saturated carbocycles. The number of esters is 1. The highest BCUT2D eigenvalue weighted by molar-refractivity contribution is 5.99. The average molecular weight is 376 g/mol. The molecule has 0 spiro atoms. The molecular weight excluding hydrogens is 348 g/mol. The van der Waals surface area contributed by atoms with Gasteiger partial charge in [0, 0.05) is 18.7 Å². The second-order valence-electron chi connectivity index (χ2n) is 6.46. The number of rotatable bonds is 9. The topological polar surface area (TPSA) is 84.9 Å². The smallest absolute Gasteiger partial charge is 0.308 e. The number of amides is 2. The number of carbonyl (C=O) groups excluding carboxylic acids is 3. The average Bonchev–Trinajstić information content (AvgIpc) is 2.68. The van der Waals surface area contributed by atoms with Crippen LogP contribution in [0.1, 0.15) is 49.9 Å². The van der Waals surface area contributed by atoms with Gasteiger partial charge in [0.2, 0.25) is 5.91 Å². The van der Waals surface area contributed by atoms with Crippen molar-refractivity contribution in [2.75, 3.05) is 26.3 Å². The van der Waals surface area contributed by atoms with Gasteiger partial charge in [-0.05, 0) is 37.1 Å². The molecule has 7 nitrogen and oxygen atoms in total. The monoisotopic (exact) mass is 376 g/mol. The van der Waals surface area contributed by atoms with Crippen LogP contribution in [0.25, 0.3) is 0 Å². The molecule has 2 amide bonds. The summed E-state index contributed by atoms with van der Waals surface area (Å²) in [5.41, 5.74) is 0.458. The molecule has 27 heavy (non-hydrogen) atoms. The third kappa shape index (κ3) is 5.98. The maximum Gasteiger partial charge on any atom is 0.308 e. The number of carbonyl (C=O) groups is 3. The van der Waals surface area contributed by atoms with Crippen molar-refractivity contribution in [3.8, 4) is 5.75 Å². The number of benzene rings is 1. The first-order chi connectivity index (χ1) is 13.1. The van der Waals surface area contributed by atoms with E-state index in [1.165, 1.54) is 4.90 Å². The SMILES string of the molecule is CCCCOc1ccc(C(=O)N2CCNC(=O)[C@@H]2CC(=O)OCCC)cc1. The van der Waals surface area contributed by atoms with Gasteiger partial charge in [0.1, 0.15) is 11.8 Å². The van der Waals surface area contributed by atoms with E-state index in [9.17, 15) is 14.4 Å². The molecule has 1 aromatic rings. The zero-order valence-corrected chi connectivity index (χ0v) is 16.0. The summed E-state index contributed by atoms with van der Waals surface area (Å²) in [5.74, 6) is -0.381. The molecule has 148 valence electrons. The minimum atomic E-state index is -0.851. The van der Waals surface area contributed by atoms with Gasteiger partial charge in [0.25, 0.3) is 5.91 Å². The van der Waals surface area contributed by atoms with Crippen LogP contribution in [0.15, 0.2) is 24.3 Å². The predicted octanol–water partition coefficient (Wildman–Crippen LogP) is 2.15. The van der Waals surface area contributed by atoms with E-state index in [2.05, 4.69) is 12.2 Å². The molecule has 0 aliphatic carbocycles. The molecule has 1 heterocycles. The number of nitrogens with one attached hydrogen (secondary N) is 1. The minimum Gasteiger partial charge on any atom is -0.494 e. The van der Waals surface area contributed by atoms with Crippen molar-refractivity contribution >= 4 is 17.8 Å². The van der Waals surface area contributed by atoms with Gasteiger partial charge in [-0.3, -0.25) is 14.4 Å². The van der Waals surface area contributed by atoms with Crippen LogP contribution in [0.4, 0.5) is 0 Å². The maximum atomic E-state index is 12.9. The van der Waals surface area contributed by atoms with E-state index < -0.39 is 12.0 Å². The fraction of sp³-hybridized carbons (Fsp3) is 0.550. The second kappa shape index (κ2) is 10.5. The van der Waals surface area contributed by atoms with E-state index in [0.29, 0.717) is 44.0 Å². The Labute approximate surface area is 160 Å².